The van der Waals surface area contributed by atoms with E-state index >= 15 is 0 Å². The fourth-order valence-corrected chi connectivity index (χ4v) is 2.54. The summed E-state index contributed by atoms with van der Waals surface area (Å²) in [5.41, 5.74) is 2.52. The second kappa shape index (κ2) is 7.12. The highest BCUT2D eigenvalue weighted by Gasteiger charge is 2.22. The van der Waals surface area contributed by atoms with Gasteiger partial charge in [0.25, 0.3) is 0 Å². The minimum absolute atomic E-state index is 0.155. The highest BCUT2D eigenvalue weighted by atomic mass is 16.5. The summed E-state index contributed by atoms with van der Waals surface area (Å²) in [5, 5.41) is 3.33. The van der Waals surface area contributed by atoms with Crippen molar-refractivity contribution in [3.8, 4) is 18.1 Å². The molecule has 0 heterocycles. The van der Waals surface area contributed by atoms with Gasteiger partial charge >= 0.3 is 5.97 Å². The summed E-state index contributed by atoms with van der Waals surface area (Å²) in [6.07, 6.45) is 9.72. The van der Waals surface area contributed by atoms with Gasteiger partial charge in [-0.15, -0.1) is 6.42 Å². The molecule has 2 rings (SSSR count). The minimum Gasteiger partial charge on any atom is -0.427 e. The highest BCUT2D eigenvalue weighted by molar-refractivity contribution is 5.72. The molecule has 1 aromatic carbocycles. The van der Waals surface area contributed by atoms with E-state index in [0.29, 0.717) is 18.7 Å². The summed E-state index contributed by atoms with van der Waals surface area (Å²) < 4.78 is 5.39. The van der Waals surface area contributed by atoms with Crippen LogP contribution in [0.2, 0.25) is 0 Å². The summed E-state index contributed by atoms with van der Waals surface area (Å²) >= 11 is 0. The van der Waals surface area contributed by atoms with Crippen LogP contribution in [0.5, 0.6) is 5.75 Å². The minimum atomic E-state index is -0.155. The third-order valence-electron chi connectivity index (χ3n) is 3.61. The zero-order valence-electron chi connectivity index (χ0n) is 11.9. The van der Waals surface area contributed by atoms with Gasteiger partial charge in [-0.25, -0.2) is 0 Å². The first-order valence-corrected chi connectivity index (χ1v) is 7.25. The van der Waals surface area contributed by atoms with E-state index in [1.165, 1.54) is 11.1 Å². The van der Waals surface area contributed by atoms with Crippen molar-refractivity contribution in [3.63, 3.8) is 0 Å². The number of benzene rings is 1. The van der Waals surface area contributed by atoms with Crippen molar-refractivity contribution in [2.75, 3.05) is 6.54 Å². The van der Waals surface area contributed by atoms with Crippen LogP contribution in [0, 0.1) is 12.3 Å². The number of hydrogen-bond donors (Lipinski definition) is 1. The summed E-state index contributed by atoms with van der Waals surface area (Å²) in [6, 6.07) is 6.18. The summed E-state index contributed by atoms with van der Waals surface area (Å²) in [7, 11) is 0. The molecule has 0 radical (unpaired) electrons. The number of fused-ring (bicyclic) bond motifs is 1. The van der Waals surface area contributed by atoms with Crippen LogP contribution < -0.4 is 10.1 Å². The molecular formula is C17H21NO2. The molecule has 0 aromatic heterocycles. The zero-order chi connectivity index (χ0) is 14.4. The van der Waals surface area contributed by atoms with Crippen molar-refractivity contribution in [2.24, 2.45) is 0 Å². The molecule has 3 nitrogen and oxygen atoms in total. The number of nitrogens with one attached hydrogen (secondary N) is 1. The van der Waals surface area contributed by atoms with Gasteiger partial charge in [0.2, 0.25) is 0 Å². The van der Waals surface area contributed by atoms with Gasteiger partial charge in [0, 0.05) is 12.5 Å². The Morgan fingerprint density at radius 3 is 3.15 bits per heavy atom. The molecule has 20 heavy (non-hydrogen) atoms. The van der Waals surface area contributed by atoms with Crippen LogP contribution in [-0.4, -0.2) is 12.5 Å². The first kappa shape index (κ1) is 14.6. The lowest BCUT2D eigenvalue weighted by atomic mass is 10.1. The maximum absolute atomic E-state index is 11.7. The van der Waals surface area contributed by atoms with Crippen molar-refractivity contribution in [1.82, 2.24) is 5.32 Å². The van der Waals surface area contributed by atoms with Crippen LogP contribution in [0.1, 0.15) is 49.8 Å². The Hall–Kier alpha value is -1.79. The summed E-state index contributed by atoms with van der Waals surface area (Å²) in [6.45, 7) is 2.62. The highest BCUT2D eigenvalue weighted by Crippen LogP contribution is 2.33. The summed E-state index contributed by atoms with van der Waals surface area (Å²) in [5.74, 6) is 3.08. The third-order valence-corrected chi connectivity index (χ3v) is 3.61. The molecular weight excluding hydrogens is 250 g/mol. The molecule has 1 N–H and O–H groups in total. The van der Waals surface area contributed by atoms with Crippen molar-refractivity contribution in [3.05, 3.63) is 29.3 Å². The smallest absolute Gasteiger partial charge is 0.311 e. The van der Waals surface area contributed by atoms with Crippen LogP contribution in [0.3, 0.4) is 0 Å². The monoisotopic (exact) mass is 271 g/mol. The van der Waals surface area contributed by atoms with Gasteiger partial charge in [-0.3, -0.25) is 10.1 Å². The number of aryl methyl sites for hydroxylation is 1. The number of hydrogen-bond acceptors (Lipinski definition) is 3. The van der Waals surface area contributed by atoms with Crippen LogP contribution in [-0.2, 0) is 11.2 Å². The largest absolute Gasteiger partial charge is 0.427 e. The van der Waals surface area contributed by atoms with Crippen molar-refractivity contribution < 1.29 is 9.53 Å². The van der Waals surface area contributed by atoms with E-state index < -0.39 is 0 Å². The molecule has 1 atom stereocenters. The van der Waals surface area contributed by atoms with Gasteiger partial charge in [0.1, 0.15) is 5.75 Å². The molecule has 1 aromatic rings. The quantitative estimate of drug-likeness (QED) is 0.491. The fraction of sp³-hybridized carbons (Fsp3) is 0.471. The van der Waals surface area contributed by atoms with E-state index in [1.807, 2.05) is 12.1 Å². The standard InChI is InChI=1S/C17H21NO2/c1-3-5-6-17(19)20-14-9-7-13-8-10-16(15(13)12-14)18-11-4-2/h2,7,9,12,16,18H,3,5-6,8,10-11H2,1H3. The normalized spacial score (nSPS) is 16.5. The Labute approximate surface area is 120 Å². The Kier molecular flexibility index (Phi) is 5.20. The number of unbranched alkanes of at least 4 members (excludes halogenated alkanes) is 1. The van der Waals surface area contributed by atoms with Crippen molar-refractivity contribution in [2.45, 2.75) is 45.1 Å². The number of esters is 1. The van der Waals surface area contributed by atoms with Crippen LogP contribution in [0.15, 0.2) is 18.2 Å². The average molecular weight is 271 g/mol. The number of carbonyl (C=O) groups is 1. The molecule has 3 heteroatoms. The first-order valence-electron chi connectivity index (χ1n) is 7.25. The van der Waals surface area contributed by atoms with Gasteiger partial charge in [-0.05, 0) is 42.5 Å². The Morgan fingerprint density at radius 1 is 1.55 bits per heavy atom. The van der Waals surface area contributed by atoms with E-state index in [1.54, 1.807) is 0 Å². The Morgan fingerprint density at radius 2 is 2.40 bits per heavy atom. The number of rotatable bonds is 6. The molecule has 106 valence electrons. The lowest BCUT2D eigenvalue weighted by molar-refractivity contribution is -0.134. The molecule has 1 aliphatic carbocycles. The van der Waals surface area contributed by atoms with E-state index in [-0.39, 0.29) is 12.0 Å². The van der Waals surface area contributed by atoms with E-state index in [9.17, 15) is 4.79 Å². The van der Waals surface area contributed by atoms with Gasteiger partial charge in [0.15, 0.2) is 0 Å². The third kappa shape index (κ3) is 3.61. The molecule has 1 unspecified atom stereocenters. The van der Waals surface area contributed by atoms with E-state index in [2.05, 4.69) is 24.2 Å². The van der Waals surface area contributed by atoms with Gasteiger partial charge in [-0.2, -0.15) is 0 Å². The van der Waals surface area contributed by atoms with Crippen LogP contribution in [0.4, 0.5) is 0 Å². The zero-order valence-corrected chi connectivity index (χ0v) is 11.9. The fourth-order valence-electron chi connectivity index (χ4n) is 2.54. The van der Waals surface area contributed by atoms with E-state index in [0.717, 1.165) is 25.7 Å². The summed E-state index contributed by atoms with van der Waals surface area (Å²) in [4.78, 5) is 11.7. The molecule has 0 spiro atoms. The maximum atomic E-state index is 11.7. The molecule has 0 amide bonds. The maximum Gasteiger partial charge on any atom is 0.311 e. The SMILES string of the molecule is C#CCNC1CCc2ccc(OC(=O)CCCC)cc21. The molecule has 0 bridgehead atoms. The molecule has 1 aliphatic rings. The van der Waals surface area contributed by atoms with Crippen molar-refractivity contribution >= 4 is 5.97 Å². The topological polar surface area (TPSA) is 38.3 Å². The number of ether oxygens (including phenoxy) is 1. The van der Waals surface area contributed by atoms with Gasteiger partial charge in [-0.1, -0.05) is 25.3 Å². The molecule has 0 fully saturated rings. The number of carbonyl (C=O) groups excluding carboxylic acids is 1. The first-order chi connectivity index (χ1) is 9.74. The van der Waals surface area contributed by atoms with Crippen LogP contribution >= 0.6 is 0 Å². The molecule has 0 saturated heterocycles. The average Bonchev–Trinajstić information content (AvgIpc) is 2.85. The van der Waals surface area contributed by atoms with Gasteiger partial charge in [0.05, 0.1) is 6.54 Å². The molecule has 0 aliphatic heterocycles. The second-order valence-corrected chi connectivity index (χ2v) is 5.11. The lowest BCUT2D eigenvalue weighted by Crippen LogP contribution is -2.19. The molecule has 0 saturated carbocycles. The van der Waals surface area contributed by atoms with Crippen LogP contribution in [0.25, 0.3) is 0 Å². The predicted octanol–water partition coefficient (Wildman–Crippen LogP) is 2.99. The van der Waals surface area contributed by atoms with Gasteiger partial charge < -0.3 is 4.74 Å². The lowest BCUT2D eigenvalue weighted by Gasteiger charge is -2.13. The van der Waals surface area contributed by atoms with Crippen molar-refractivity contribution in [1.29, 1.82) is 0 Å². The Balaban J connectivity index is 2.03. The predicted molar refractivity (Wildman–Crippen MR) is 79.5 cm³/mol. The number of terminal acetylenes is 1. The van der Waals surface area contributed by atoms with E-state index in [4.69, 9.17) is 11.2 Å². The Bertz CT molecular complexity index is 516. The second-order valence-electron chi connectivity index (χ2n) is 5.11.